The molecule has 5 nitrogen and oxygen atoms in total. The number of nitrogens with one attached hydrogen (secondary N) is 1. The van der Waals surface area contributed by atoms with Crippen molar-refractivity contribution >= 4 is 11.7 Å². The lowest BCUT2D eigenvalue weighted by Gasteiger charge is -2.10. The Kier molecular flexibility index (Phi) is 6.98. The Balaban J connectivity index is 2.00. The lowest BCUT2D eigenvalue weighted by atomic mass is 10.1. The Morgan fingerprint density at radius 3 is 2.85 bits per heavy atom. The molecular weight excluding hydrogens is 333 g/mol. The first kappa shape index (κ1) is 19.3. The van der Waals surface area contributed by atoms with Crippen LogP contribution in [0.25, 0.3) is 0 Å². The molecule has 0 atom stereocenters. The topological polar surface area (TPSA) is 77.2 Å². The van der Waals surface area contributed by atoms with Gasteiger partial charge in [0.05, 0.1) is 5.56 Å². The van der Waals surface area contributed by atoms with Crippen molar-refractivity contribution in [3.05, 3.63) is 53.0 Å². The van der Waals surface area contributed by atoms with E-state index in [0.717, 1.165) is 18.5 Å². The van der Waals surface area contributed by atoms with Crippen LogP contribution in [0.4, 0.5) is 10.2 Å². The number of benzene rings is 1. The maximum absolute atomic E-state index is 14.5. The molecule has 1 heterocycles. The van der Waals surface area contributed by atoms with Gasteiger partial charge in [0.2, 0.25) is 0 Å². The minimum atomic E-state index is -0.514. The van der Waals surface area contributed by atoms with Gasteiger partial charge in [-0.15, -0.1) is 0 Å². The van der Waals surface area contributed by atoms with Crippen LogP contribution in [0.15, 0.2) is 30.3 Å². The minimum absolute atomic E-state index is 0.0106. The normalized spacial score (nSPS) is 9.96. The molecule has 0 radical (unpaired) electrons. The van der Waals surface area contributed by atoms with Crippen LogP contribution in [-0.4, -0.2) is 17.5 Å². The minimum Gasteiger partial charge on any atom is -0.478 e. The van der Waals surface area contributed by atoms with Crippen molar-refractivity contribution < 1.29 is 13.9 Å². The average molecular weight is 355 g/mol. The van der Waals surface area contributed by atoms with E-state index >= 15 is 0 Å². The molecule has 2 rings (SSSR count). The van der Waals surface area contributed by atoms with Crippen molar-refractivity contribution in [2.75, 3.05) is 12.3 Å². The maximum atomic E-state index is 14.5. The van der Waals surface area contributed by atoms with Gasteiger partial charge in [0, 0.05) is 24.2 Å². The van der Waals surface area contributed by atoms with Gasteiger partial charge in [0.15, 0.2) is 11.6 Å². The van der Waals surface area contributed by atoms with Crippen molar-refractivity contribution in [1.82, 2.24) is 10.3 Å². The number of aromatic nitrogens is 1. The zero-order valence-corrected chi connectivity index (χ0v) is 14.9. The number of nitrogens with two attached hydrogens (primary N) is 1. The Bertz CT molecular complexity index is 841. The van der Waals surface area contributed by atoms with Crippen LogP contribution in [0, 0.1) is 24.6 Å². The molecule has 0 aliphatic heterocycles. The van der Waals surface area contributed by atoms with E-state index in [2.05, 4.69) is 22.1 Å². The number of nitrogen functional groups attached to an aromatic ring is 1. The van der Waals surface area contributed by atoms with Gasteiger partial charge in [-0.05, 0) is 31.5 Å². The summed E-state index contributed by atoms with van der Waals surface area (Å²) in [7, 11) is 0. The summed E-state index contributed by atoms with van der Waals surface area (Å²) in [6.07, 6.45) is 1.76. The molecule has 0 aliphatic carbocycles. The van der Waals surface area contributed by atoms with Gasteiger partial charge in [-0.2, -0.15) is 0 Å². The monoisotopic (exact) mass is 355 g/mol. The van der Waals surface area contributed by atoms with Crippen LogP contribution in [0.5, 0.6) is 5.75 Å². The van der Waals surface area contributed by atoms with Crippen molar-refractivity contribution in [1.29, 1.82) is 0 Å². The molecule has 1 aromatic heterocycles. The number of carbonyl (C=O) groups is 1. The number of hydrogen-bond donors (Lipinski definition) is 2. The second-order valence-corrected chi connectivity index (χ2v) is 5.69. The van der Waals surface area contributed by atoms with Gasteiger partial charge in [-0.3, -0.25) is 4.79 Å². The molecule has 0 saturated carbocycles. The third-order valence-electron chi connectivity index (χ3n) is 3.59. The third-order valence-corrected chi connectivity index (χ3v) is 3.59. The molecule has 0 aliphatic rings. The Hall–Kier alpha value is -3.07. The molecule has 6 heteroatoms. The standard InChI is InChI=1S/C20H22FN3O2/c1-3-4-5-6-12-26-17-9-7-8-15(18(17)21)13-23-20(25)16-11-10-14(2)24-19(16)22/h7-11H,3-4,12-13H2,1-2H3,(H2,22,24)(H,23,25). The highest BCUT2D eigenvalue weighted by Gasteiger charge is 2.13. The molecule has 0 saturated heterocycles. The largest absolute Gasteiger partial charge is 0.478 e. The molecule has 136 valence electrons. The molecule has 0 bridgehead atoms. The number of nitrogens with zero attached hydrogens (tertiary/aromatic N) is 1. The average Bonchev–Trinajstić information content (AvgIpc) is 2.61. The van der Waals surface area contributed by atoms with E-state index in [0.29, 0.717) is 5.56 Å². The summed E-state index contributed by atoms with van der Waals surface area (Å²) in [6, 6.07) is 8.07. The zero-order chi connectivity index (χ0) is 18.9. The highest BCUT2D eigenvalue weighted by atomic mass is 19.1. The number of aryl methyl sites for hydroxylation is 1. The molecule has 0 spiro atoms. The highest BCUT2D eigenvalue weighted by Crippen LogP contribution is 2.20. The first-order valence-electron chi connectivity index (χ1n) is 8.40. The summed E-state index contributed by atoms with van der Waals surface area (Å²) in [5, 5.41) is 2.65. The number of halogens is 1. The summed E-state index contributed by atoms with van der Waals surface area (Å²) < 4.78 is 19.8. The molecule has 26 heavy (non-hydrogen) atoms. The van der Waals surface area contributed by atoms with E-state index in [9.17, 15) is 9.18 Å². The van der Waals surface area contributed by atoms with Crippen LogP contribution >= 0.6 is 0 Å². The fourth-order valence-corrected chi connectivity index (χ4v) is 2.22. The molecule has 0 unspecified atom stereocenters. The number of hydrogen-bond acceptors (Lipinski definition) is 4. The number of ether oxygens (including phenoxy) is 1. The second kappa shape index (κ2) is 9.42. The van der Waals surface area contributed by atoms with Gasteiger partial charge in [0.1, 0.15) is 12.4 Å². The first-order chi connectivity index (χ1) is 12.5. The number of amides is 1. The zero-order valence-electron chi connectivity index (χ0n) is 14.9. The summed E-state index contributed by atoms with van der Waals surface area (Å²) in [4.78, 5) is 16.3. The lowest BCUT2D eigenvalue weighted by molar-refractivity contribution is 0.0951. The molecule has 2 aromatic rings. The van der Waals surface area contributed by atoms with Crippen LogP contribution < -0.4 is 15.8 Å². The molecular formula is C20H22FN3O2. The number of rotatable bonds is 6. The van der Waals surface area contributed by atoms with E-state index in [1.54, 1.807) is 31.2 Å². The number of unbranched alkanes of at least 4 members (excludes halogenated alkanes) is 1. The van der Waals surface area contributed by atoms with Gasteiger partial charge in [-0.1, -0.05) is 30.9 Å². The van der Waals surface area contributed by atoms with E-state index < -0.39 is 11.7 Å². The molecule has 0 fully saturated rings. The van der Waals surface area contributed by atoms with Crippen LogP contribution in [0.2, 0.25) is 0 Å². The smallest absolute Gasteiger partial charge is 0.255 e. The Morgan fingerprint density at radius 2 is 2.12 bits per heavy atom. The van der Waals surface area contributed by atoms with Crippen molar-refractivity contribution in [3.63, 3.8) is 0 Å². The predicted octanol–water partition coefficient (Wildman–Crippen LogP) is 3.22. The van der Waals surface area contributed by atoms with Gasteiger partial charge in [0.25, 0.3) is 5.91 Å². The second-order valence-electron chi connectivity index (χ2n) is 5.69. The maximum Gasteiger partial charge on any atom is 0.255 e. The Morgan fingerprint density at radius 1 is 1.31 bits per heavy atom. The molecule has 1 aromatic carbocycles. The van der Waals surface area contributed by atoms with Gasteiger partial charge < -0.3 is 15.8 Å². The van der Waals surface area contributed by atoms with Crippen molar-refractivity contribution in [2.45, 2.75) is 33.2 Å². The number of anilines is 1. The van der Waals surface area contributed by atoms with Crippen LogP contribution in [0.1, 0.15) is 41.4 Å². The van der Waals surface area contributed by atoms with E-state index in [1.807, 2.05) is 6.92 Å². The van der Waals surface area contributed by atoms with Crippen LogP contribution in [0.3, 0.4) is 0 Å². The number of pyridine rings is 1. The summed E-state index contributed by atoms with van der Waals surface area (Å²) in [6.45, 7) is 3.95. The lowest BCUT2D eigenvalue weighted by Crippen LogP contribution is -2.24. The van der Waals surface area contributed by atoms with Gasteiger partial charge >= 0.3 is 0 Å². The van der Waals surface area contributed by atoms with E-state index in [-0.39, 0.29) is 30.3 Å². The fraction of sp³-hybridized carbons (Fsp3) is 0.300. The summed E-state index contributed by atoms with van der Waals surface area (Å²) >= 11 is 0. The summed E-state index contributed by atoms with van der Waals surface area (Å²) in [5.74, 6) is 5.10. The summed E-state index contributed by atoms with van der Waals surface area (Å²) in [5.41, 5.74) is 7.05. The quantitative estimate of drug-likeness (QED) is 0.780. The van der Waals surface area contributed by atoms with Crippen molar-refractivity contribution in [3.8, 4) is 17.6 Å². The van der Waals surface area contributed by atoms with Crippen LogP contribution in [-0.2, 0) is 6.54 Å². The highest BCUT2D eigenvalue weighted by molar-refractivity contribution is 5.98. The van der Waals surface area contributed by atoms with Gasteiger partial charge in [-0.25, -0.2) is 9.37 Å². The SMILES string of the molecule is CCCC#CCOc1cccc(CNC(=O)c2ccc(C)nc2N)c1F. The van der Waals surface area contributed by atoms with E-state index in [1.165, 1.54) is 6.07 Å². The molecule has 3 N–H and O–H groups in total. The Labute approximate surface area is 152 Å². The molecule has 1 amide bonds. The third kappa shape index (κ3) is 5.21. The first-order valence-corrected chi connectivity index (χ1v) is 8.40. The predicted molar refractivity (Wildman–Crippen MR) is 99.1 cm³/mol. The number of carbonyl (C=O) groups excluding carboxylic acids is 1. The van der Waals surface area contributed by atoms with Crippen molar-refractivity contribution in [2.24, 2.45) is 0 Å². The van der Waals surface area contributed by atoms with E-state index in [4.69, 9.17) is 10.5 Å². The fourth-order valence-electron chi connectivity index (χ4n) is 2.22.